The molecule has 0 amide bonds. The number of aliphatic carboxylic acids is 1. The smallest absolute Gasteiger partial charge is 0.320 e. The zero-order chi connectivity index (χ0) is 13.8. The monoisotopic (exact) mass is 275 g/mol. The van der Waals surface area contributed by atoms with Gasteiger partial charge in [-0.2, -0.15) is 0 Å². The van der Waals surface area contributed by atoms with Crippen LogP contribution in [0, 0.1) is 0 Å². The van der Waals surface area contributed by atoms with Crippen LogP contribution in [0.1, 0.15) is 0 Å². The second-order valence-corrected chi connectivity index (χ2v) is 5.05. The fourth-order valence-electron chi connectivity index (χ4n) is 1.28. The molecule has 0 heterocycles. The van der Waals surface area contributed by atoms with E-state index in [9.17, 15) is 13.2 Å². The number of hydrogen-bond acceptors (Lipinski definition) is 5. The number of rotatable bonds is 6. The molecule has 0 unspecified atom stereocenters. The van der Waals surface area contributed by atoms with Gasteiger partial charge in [-0.3, -0.25) is 9.52 Å². The summed E-state index contributed by atoms with van der Waals surface area (Å²) in [5, 5.41) is 8.45. The molecule has 0 aromatic heterocycles. The lowest BCUT2D eigenvalue weighted by molar-refractivity contribution is -0.134. The SMILES string of the molecule is COc1ccc(NS(=O)(=O)CC(=O)O)cc1OC. The number of methoxy groups -OCH3 is 2. The Bertz CT molecular complexity index is 539. The molecule has 0 spiro atoms. The Balaban J connectivity index is 2.95. The third-order valence-corrected chi connectivity index (χ3v) is 3.14. The Kier molecular flexibility index (Phi) is 4.38. The number of ether oxygens (including phenoxy) is 2. The largest absolute Gasteiger partial charge is 0.493 e. The Morgan fingerprint density at radius 2 is 1.89 bits per heavy atom. The molecular formula is C10H13NO6S. The molecule has 0 radical (unpaired) electrons. The first-order valence-electron chi connectivity index (χ1n) is 4.82. The maximum atomic E-state index is 11.4. The third-order valence-electron chi connectivity index (χ3n) is 1.97. The van der Waals surface area contributed by atoms with Crippen LogP contribution in [0.15, 0.2) is 18.2 Å². The van der Waals surface area contributed by atoms with Gasteiger partial charge in [0.1, 0.15) is 0 Å². The molecule has 1 aromatic rings. The second kappa shape index (κ2) is 5.58. The van der Waals surface area contributed by atoms with Gasteiger partial charge in [-0.1, -0.05) is 0 Å². The Hall–Kier alpha value is -1.96. The summed E-state index contributed by atoms with van der Waals surface area (Å²) in [4.78, 5) is 10.4. The number of carbonyl (C=O) groups is 1. The summed E-state index contributed by atoms with van der Waals surface area (Å²) in [6.45, 7) is 0. The van der Waals surface area contributed by atoms with Crippen molar-refractivity contribution < 1.29 is 27.8 Å². The lowest BCUT2D eigenvalue weighted by Crippen LogP contribution is -2.22. The number of hydrogen-bond donors (Lipinski definition) is 2. The van der Waals surface area contributed by atoms with Crippen molar-refractivity contribution >= 4 is 21.7 Å². The van der Waals surface area contributed by atoms with Crippen LogP contribution in [-0.2, 0) is 14.8 Å². The van der Waals surface area contributed by atoms with Crippen LogP contribution >= 0.6 is 0 Å². The highest BCUT2D eigenvalue weighted by Gasteiger charge is 2.16. The van der Waals surface area contributed by atoms with E-state index in [1.54, 1.807) is 0 Å². The molecule has 18 heavy (non-hydrogen) atoms. The zero-order valence-electron chi connectivity index (χ0n) is 9.84. The molecule has 1 rings (SSSR count). The standard InChI is InChI=1S/C10H13NO6S/c1-16-8-4-3-7(5-9(8)17-2)11-18(14,15)6-10(12)13/h3-5,11H,6H2,1-2H3,(H,12,13). The van der Waals surface area contributed by atoms with E-state index in [0.717, 1.165) is 0 Å². The normalized spacial score (nSPS) is 10.8. The van der Waals surface area contributed by atoms with E-state index in [1.165, 1.54) is 32.4 Å². The first-order chi connectivity index (χ1) is 8.38. The van der Waals surface area contributed by atoms with Crippen LogP contribution < -0.4 is 14.2 Å². The highest BCUT2D eigenvalue weighted by atomic mass is 32.2. The number of sulfonamides is 1. The first kappa shape index (κ1) is 14.1. The lowest BCUT2D eigenvalue weighted by Gasteiger charge is -2.10. The maximum absolute atomic E-state index is 11.4. The molecule has 0 fully saturated rings. The molecule has 0 aliphatic heterocycles. The van der Waals surface area contributed by atoms with Crippen molar-refractivity contribution in [2.24, 2.45) is 0 Å². The van der Waals surface area contributed by atoms with Crippen LogP contribution in [-0.4, -0.2) is 39.5 Å². The van der Waals surface area contributed by atoms with E-state index in [1.807, 2.05) is 0 Å². The van der Waals surface area contributed by atoms with Crippen molar-refractivity contribution in [3.63, 3.8) is 0 Å². The van der Waals surface area contributed by atoms with E-state index >= 15 is 0 Å². The van der Waals surface area contributed by atoms with E-state index in [4.69, 9.17) is 14.6 Å². The summed E-state index contributed by atoms with van der Waals surface area (Å²) in [5.74, 6) is -1.64. The quantitative estimate of drug-likeness (QED) is 0.785. The van der Waals surface area contributed by atoms with Gasteiger partial charge in [0, 0.05) is 6.07 Å². The van der Waals surface area contributed by atoms with E-state index < -0.39 is 21.7 Å². The summed E-state index contributed by atoms with van der Waals surface area (Å²) < 4.78 is 34.9. The van der Waals surface area contributed by atoms with Gasteiger partial charge in [-0.05, 0) is 12.1 Å². The summed E-state index contributed by atoms with van der Waals surface area (Å²) in [6, 6.07) is 4.36. The minimum absolute atomic E-state index is 0.203. The molecule has 0 saturated carbocycles. The lowest BCUT2D eigenvalue weighted by atomic mass is 10.3. The highest BCUT2D eigenvalue weighted by Crippen LogP contribution is 2.30. The molecule has 1 aromatic carbocycles. The molecular weight excluding hydrogens is 262 g/mol. The highest BCUT2D eigenvalue weighted by molar-refractivity contribution is 7.93. The summed E-state index contributed by atoms with van der Waals surface area (Å²) >= 11 is 0. The van der Waals surface area contributed by atoms with Crippen molar-refractivity contribution in [3.8, 4) is 11.5 Å². The van der Waals surface area contributed by atoms with Crippen LogP contribution in [0.25, 0.3) is 0 Å². The number of benzene rings is 1. The Morgan fingerprint density at radius 1 is 1.28 bits per heavy atom. The molecule has 0 atom stereocenters. The van der Waals surface area contributed by atoms with Crippen molar-refractivity contribution in [1.82, 2.24) is 0 Å². The fraction of sp³-hybridized carbons (Fsp3) is 0.300. The van der Waals surface area contributed by atoms with Gasteiger partial charge in [-0.15, -0.1) is 0 Å². The van der Waals surface area contributed by atoms with Crippen molar-refractivity contribution in [3.05, 3.63) is 18.2 Å². The molecule has 0 aliphatic carbocycles. The minimum atomic E-state index is -3.92. The van der Waals surface area contributed by atoms with Crippen LogP contribution in [0.3, 0.4) is 0 Å². The Labute approximate surface area is 104 Å². The summed E-state index contributed by atoms with van der Waals surface area (Å²) in [7, 11) is -1.06. The third kappa shape index (κ3) is 3.81. The molecule has 7 nitrogen and oxygen atoms in total. The van der Waals surface area contributed by atoms with Crippen molar-refractivity contribution in [1.29, 1.82) is 0 Å². The topological polar surface area (TPSA) is 102 Å². The zero-order valence-corrected chi connectivity index (χ0v) is 10.7. The van der Waals surface area contributed by atoms with Crippen molar-refractivity contribution in [2.45, 2.75) is 0 Å². The number of carboxylic acid groups (broad SMARTS) is 1. The summed E-state index contributed by atoms with van der Waals surface area (Å²) in [6.07, 6.45) is 0. The Morgan fingerprint density at radius 3 is 2.39 bits per heavy atom. The molecule has 8 heteroatoms. The fourth-order valence-corrected chi connectivity index (χ4v) is 2.16. The molecule has 2 N–H and O–H groups in total. The predicted octanol–water partition coefficient (Wildman–Crippen LogP) is 0.530. The van der Waals surface area contributed by atoms with Gasteiger partial charge in [0.05, 0.1) is 19.9 Å². The van der Waals surface area contributed by atoms with Gasteiger partial charge < -0.3 is 14.6 Å². The summed E-state index contributed by atoms with van der Waals surface area (Å²) in [5.41, 5.74) is 0.203. The molecule has 0 aliphatic rings. The van der Waals surface area contributed by atoms with Crippen LogP contribution in [0.5, 0.6) is 11.5 Å². The van der Waals surface area contributed by atoms with Gasteiger partial charge in [0.15, 0.2) is 17.3 Å². The maximum Gasteiger partial charge on any atom is 0.320 e. The van der Waals surface area contributed by atoms with Gasteiger partial charge in [0.25, 0.3) is 0 Å². The van der Waals surface area contributed by atoms with Crippen LogP contribution in [0.4, 0.5) is 5.69 Å². The van der Waals surface area contributed by atoms with E-state index in [0.29, 0.717) is 11.5 Å². The second-order valence-electron chi connectivity index (χ2n) is 3.32. The predicted molar refractivity (Wildman–Crippen MR) is 64.6 cm³/mol. The average Bonchev–Trinajstić information content (AvgIpc) is 2.26. The molecule has 0 saturated heterocycles. The first-order valence-corrected chi connectivity index (χ1v) is 6.47. The number of nitrogens with one attached hydrogen (secondary N) is 1. The average molecular weight is 275 g/mol. The van der Waals surface area contributed by atoms with Crippen molar-refractivity contribution in [2.75, 3.05) is 24.7 Å². The van der Waals surface area contributed by atoms with Gasteiger partial charge in [-0.25, -0.2) is 8.42 Å². The number of carboxylic acids is 1. The minimum Gasteiger partial charge on any atom is -0.493 e. The van der Waals surface area contributed by atoms with Gasteiger partial charge >= 0.3 is 5.97 Å². The van der Waals surface area contributed by atoms with Crippen LogP contribution in [0.2, 0.25) is 0 Å². The number of anilines is 1. The van der Waals surface area contributed by atoms with E-state index in [-0.39, 0.29) is 5.69 Å². The molecule has 100 valence electrons. The van der Waals surface area contributed by atoms with Gasteiger partial charge in [0.2, 0.25) is 10.0 Å². The molecule has 0 bridgehead atoms. The van der Waals surface area contributed by atoms with E-state index in [2.05, 4.69) is 4.72 Å².